The molecular formula is C7H16ClNO. The predicted molar refractivity (Wildman–Crippen MR) is 46.3 cm³/mol. The molecule has 0 amide bonds. The Morgan fingerprint density at radius 1 is 1.60 bits per heavy atom. The molecule has 0 heterocycles. The van der Waals surface area contributed by atoms with Gasteiger partial charge in [-0.1, -0.05) is 6.58 Å². The summed E-state index contributed by atoms with van der Waals surface area (Å²) in [5, 5.41) is 0. The number of ether oxygens (including phenoxy) is 1. The van der Waals surface area contributed by atoms with E-state index in [1.54, 1.807) is 0 Å². The van der Waals surface area contributed by atoms with Crippen LogP contribution in [0.25, 0.3) is 0 Å². The highest BCUT2D eigenvalue weighted by atomic mass is 35.5. The van der Waals surface area contributed by atoms with Gasteiger partial charge in [0.15, 0.2) is 0 Å². The molecule has 0 rings (SSSR count). The zero-order valence-corrected chi connectivity index (χ0v) is 7.57. The summed E-state index contributed by atoms with van der Waals surface area (Å²) in [6.07, 6.45) is 1.44. The van der Waals surface area contributed by atoms with E-state index in [4.69, 9.17) is 10.5 Å². The van der Waals surface area contributed by atoms with Crippen molar-refractivity contribution in [3.63, 3.8) is 0 Å². The first kappa shape index (κ1) is 12.5. The van der Waals surface area contributed by atoms with Crippen LogP contribution in [0.15, 0.2) is 12.8 Å². The third-order valence-corrected chi connectivity index (χ3v) is 1.35. The first-order valence-corrected chi connectivity index (χ1v) is 3.03. The lowest BCUT2D eigenvalue weighted by Crippen LogP contribution is -2.44. The summed E-state index contributed by atoms with van der Waals surface area (Å²) in [7, 11) is 0. The highest BCUT2D eigenvalue weighted by molar-refractivity contribution is 5.85. The first-order chi connectivity index (χ1) is 3.98. The molecule has 0 spiro atoms. The molecule has 62 valence electrons. The molecule has 0 saturated heterocycles. The highest BCUT2D eigenvalue weighted by Gasteiger charge is 2.20. The van der Waals surface area contributed by atoms with Gasteiger partial charge in [-0.2, -0.15) is 0 Å². The van der Waals surface area contributed by atoms with Crippen LogP contribution in [0.2, 0.25) is 0 Å². The van der Waals surface area contributed by atoms with Gasteiger partial charge < -0.3 is 10.5 Å². The van der Waals surface area contributed by atoms with Crippen molar-refractivity contribution >= 4 is 12.4 Å². The van der Waals surface area contributed by atoms with E-state index in [9.17, 15) is 0 Å². The molecule has 0 aromatic carbocycles. The Bertz CT molecular complexity index is 98.3. The van der Waals surface area contributed by atoms with Crippen LogP contribution in [0.5, 0.6) is 0 Å². The molecule has 0 aliphatic carbocycles. The molecule has 0 aliphatic rings. The van der Waals surface area contributed by atoms with Crippen LogP contribution in [-0.2, 0) is 4.74 Å². The Hall–Kier alpha value is -0.210. The molecule has 0 aliphatic heterocycles. The van der Waals surface area contributed by atoms with Crippen LogP contribution in [0.1, 0.15) is 20.8 Å². The number of hydrogen-bond acceptors (Lipinski definition) is 2. The SMILES string of the molecule is C=COC(C)C(C)(C)N.Cl. The molecule has 0 saturated carbocycles. The molecule has 2 N–H and O–H groups in total. The summed E-state index contributed by atoms with van der Waals surface area (Å²) in [6, 6.07) is 0. The molecule has 1 atom stereocenters. The van der Waals surface area contributed by atoms with Gasteiger partial charge in [0.05, 0.1) is 6.26 Å². The maximum absolute atomic E-state index is 5.69. The van der Waals surface area contributed by atoms with Gasteiger partial charge in [0.1, 0.15) is 6.10 Å². The second-order valence-corrected chi connectivity index (χ2v) is 2.77. The van der Waals surface area contributed by atoms with Gasteiger partial charge in [-0.25, -0.2) is 0 Å². The minimum Gasteiger partial charge on any atom is -0.497 e. The van der Waals surface area contributed by atoms with Gasteiger partial charge >= 0.3 is 0 Å². The van der Waals surface area contributed by atoms with Crippen molar-refractivity contribution in [2.45, 2.75) is 32.4 Å². The van der Waals surface area contributed by atoms with Gasteiger partial charge in [-0.05, 0) is 20.8 Å². The fourth-order valence-electron chi connectivity index (χ4n) is 0.320. The molecule has 2 nitrogen and oxygen atoms in total. The molecule has 3 heteroatoms. The normalized spacial score (nSPS) is 13.2. The average molecular weight is 166 g/mol. The standard InChI is InChI=1S/C7H15NO.ClH/c1-5-9-6(2)7(3,4)8;/h5-6H,1,8H2,2-4H3;1H. The Morgan fingerprint density at radius 3 is 2.10 bits per heavy atom. The summed E-state index contributed by atoms with van der Waals surface area (Å²) in [6.45, 7) is 9.19. The van der Waals surface area contributed by atoms with E-state index in [1.807, 2.05) is 20.8 Å². The summed E-state index contributed by atoms with van der Waals surface area (Å²) < 4.78 is 5.05. The fourth-order valence-corrected chi connectivity index (χ4v) is 0.320. The van der Waals surface area contributed by atoms with Gasteiger partial charge in [-0.3, -0.25) is 0 Å². The van der Waals surface area contributed by atoms with Crippen LogP contribution in [-0.4, -0.2) is 11.6 Å². The van der Waals surface area contributed by atoms with E-state index in [1.165, 1.54) is 6.26 Å². The second-order valence-electron chi connectivity index (χ2n) is 2.77. The van der Waals surface area contributed by atoms with E-state index < -0.39 is 0 Å². The Morgan fingerprint density at radius 2 is 2.00 bits per heavy atom. The van der Waals surface area contributed by atoms with Crippen LogP contribution < -0.4 is 5.73 Å². The quantitative estimate of drug-likeness (QED) is 0.647. The van der Waals surface area contributed by atoms with E-state index in [-0.39, 0.29) is 24.0 Å². The van der Waals surface area contributed by atoms with Crippen molar-refractivity contribution in [2.24, 2.45) is 5.73 Å². The second kappa shape index (κ2) is 4.58. The summed E-state index contributed by atoms with van der Waals surface area (Å²) in [5.41, 5.74) is 5.41. The molecule has 0 bridgehead atoms. The minimum atomic E-state index is -0.284. The lowest BCUT2D eigenvalue weighted by molar-refractivity contribution is 0.0994. The van der Waals surface area contributed by atoms with E-state index in [2.05, 4.69) is 6.58 Å². The monoisotopic (exact) mass is 165 g/mol. The van der Waals surface area contributed by atoms with Gasteiger partial charge in [-0.15, -0.1) is 12.4 Å². The summed E-state index contributed by atoms with van der Waals surface area (Å²) in [4.78, 5) is 0. The number of hydrogen-bond donors (Lipinski definition) is 1. The van der Waals surface area contributed by atoms with Crippen molar-refractivity contribution in [3.8, 4) is 0 Å². The molecule has 10 heavy (non-hydrogen) atoms. The maximum Gasteiger partial charge on any atom is 0.112 e. The first-order valence-electron chi connectivity index (χ1n) is 3.03. The Balaban J connectivity index is 0. The van der Waals surface area contributed by atoms with Crippen molar-refractivity contribution in [2.75, 3.05) is 0 Å². The van der Waals surface area contributed by atoms with Gasteiger partial charge in [0, 0.05) is 5.54 Å². The molecule has 0 aromatic heterocycles. The van der Waals surface area contributed by atoms with Crippen LogP contribution in [0.3, 0.4) is 0 Å². The largest absolute Gasteiger partial charge is 0.497 e. The minimum absolute atomic E-state index is 0. The average Bonchev–Trinajstić information content (AvgIpc) is 1.64. The summed E-state index contributed by atoms with van der Waals surface area (Å²) in [5.74, 6) is 0. The highest BCUT2D eigenvalue weighted by Crippen LogP contribution is 2.07. The topological polar surface area (TPSA) is 35.2 Å². The van der Waals surface area contributed by atoms with Crippen molar-refractivity contribution in [1.29, 1.82) is 0 Å². The zero-order valence-electron chi connectivity index (χ0n) is 6.76. The summed E-state index contributed by atoms with van der Waals surface area (Å²) >= 11 is 0. The van der Waals surface area contributed by atoms with Crippen molar-refractivity contribution < 1.29 is 4.74 Å². The lowest BCUT2D eigenvalue weighted by Gasteiger charge is -2.25. The van der Waals surface area contributed by atoms with E-state index in [0.29, 0.717) is 0 Å². The third-order valence-electron chi connectivity index (χ3n) is 1.35. The third kappa shape index (κ3) is 4.65. The Kier molecular flexibility index (Phi) is 5.71. The van der Waals surface area contributed by atoms with Crippen LogP contribution in [0, 0.1) is 0 Å². The molecular weight excluding hydrogens is 150 g/mol. The number of nitrogens with two attached hydrogens (primary N) is 1. The van der Waals surface area contributed by atoms with Gasteiger partial charge in [0.2, 0.25) is 0 Å². The van der Waals surface area contributed by atoms with E-state index in [0.717, 1.165) is 0 Å². The van der Waals surface area contributed by atoms with E-state index >= 15 is 0 Å². The number of halogens is 1. The molecule has 0 radical (unpaired) electrons. The number of rotatable bonds is 3. The molecule has 0 aromatic rings. The molecule has 0 fully saturated rings. The van der Waals surface area contributed by atoms with Crippen molar-refractivity contribution in [3.05, 3.63) is 12.8 Å². The van der Waals surface area contributed by atoms with Crippen LogP contribution in [0.4, 0.5) is 0 Å². The van der Waals surface area contributed by atoms with Crippen molar-refractivity contribution in [1.82, 2.24) is 0 Å². The molecule has 1 unspecified atom stereocenters. The predicted octanol–water partition coefficient (Wildman–Crippen LogP) is 1.69. The smallest absolute Gasteiger partial charge is 0.112 e. The maximum atomic E-state index is 5.69. The fraction of sp³-hybridized carbons (Fsp3) is 0.714. The van der Waals surface area contributed by atoms with Crippen LogP contribution >= 0.6 is 12.4 Å². The Labute approximate surface area is 68.8 Å². The van der Waals surface area contributed by atoms with Gasteiger partial charge in [0.25, 0.3) is 0 Å². The zero-order chi connectivity index (χ0) is 7.49. The lowest BCUT2D eigenvalue weighted by atomic mass is 10.0.